The normalized spacial score (nSPS) is 21.1. The molecule has 3 heteroatoms. The number of para-hydroxylation sites is 1. The summed E-state index contributed by atoms with van der Waals surface area (Å²) in [5, 5.41) is 0. The molecule has 2 unspecified atom stereocenters. The quantitative estimate of drug-likeness (QED) is 0.823. The molecule has 0 spiro atoms. The summed E-state index contributed by atoms with van der Waals surface area (Å²) in [4.78, 5) is 14.7. The van der Waals surface area contributed by atoms with Gasteiger partial charge in [-0.25, -0.2) is 0 Å². The van der Waals surface area contributed by atoms with Crippen LogP contribution in [-0.4, -0.2) is 30.0 Å². The van der Waals surface area contributed by atoms with E-state index in [1.165, 1.54) is 5.56 Å². The molecular formula is C17H25NO2. The van der Waals surface area contributed by atoms with Gasteiger partial charge in [-0.05, 0) is 51.7 Å². The summed E-state index contributed by atoms with van der Waals surface area (Å²) in [5.74, 6) is 1.62. The van der Waals surface area contributed by atoms with E-state index in [0.717, 1.165) is 12.2 Å². The Hall–Kier alpha value is -1.51. The number of carbonyl (C=O) groups excluding carboxylic acids is 1. The molecule has 0 aromatic heterocycles. The third-order valence-corrected chi connectivity index (χ3v) is 4.01. The second kappa shape index (κ2) is 5.86. The number of benzene rings is 1. The highest BCUT2D eigenvalue weighted by molar-refractivity contribution is 5.83. The van der Waals surface area contributed by atoms with Crippen LogP contribution < -0.4 is 4.74 Å². The maximum Gasteiger partial charge on any atom is 0.226 e. The van der Waals surface area contributed by atoms with Crippen LogP contribution in [0.3, 0.4) is 0 Å². The van der Waals surface area contributed by atoms with Gasteiger partial charge in [0, 0.05) is 18.0 Å². The number of nitrogens with zero attached hydrogens (tertiary/aromatic N) is 1. The molecule has 0 heterocycles. The number of hydrogen-bond donors (Lipinski definition) is 0. The van der Waals surface area contributed by atoms with Crippen LogP contribution in [0.15, 0.2) is 24.3 Å². The average molecular weight is 275 g/mol. The number of rotatable bonds is 5. The first-order valence-electron chi connectivity index (χ1n) is 7.42. The fourth-order valence-electron chi connectivity index (χ4n) is 3.08. The van der Waals surface area contributed by atoms with Gasteiger partial charge in [-0.2, -0.15) is 0 Å². The molecule has 20 heavy (non-hydrogen) atoms. The van der Waals surface area contributed by atoms with Crippen molar-refractivity contribution in [1.82, 2.24) is 4.90 Å². The molecule has 0 saturated heterocycles. The van der Waals surface area contributed by atoms with E-state index in [9.17, 15) is 4.79 Å². The highest BCUT2D eigenvalue weighted by atomic mass is 16.5. The molecule has 0 aliphatic heterocycles. The largest absolute Gasteiger partial charge is 0.496 e. The van der Waals surface area contributed by atoms with Gasteiger partial charge in [0.2, 0.25) is 5.91 Å². The van der Waals surface area contributed by atoms with Gasteiger partial charge in [0.25, 0.3) is 0 Å². The minimum Gasteiger partial charge on any atom is -0.496 e. The molecular weight excluding hydrogens is 250 g/mol. The standard InChI is InChI=1S/C17H25NO2/c1-11(2)18(12(3)4)17(19)15-10-14(15)13-8-6-7-9-16(13)20-5/h6-9,11-12,14-15H,10H2,1-5H3. The van der Waals surface area contributed by atoms with Gasteiger partial charge < -0.3 is 9.64 Å². The Morgan fingerprint density at radius 2 is 1.80 bits per heavy atom. The number of ether oxygens (including phenoxy) is 1. The Morgan fingerprint density at radius 3 is 2.35 bits per heavy atom. The van der Waals surface area contributed by atoms with Crippen LogP contribution in [0.5, 0.6) is 5.75 Å². The molecule has 1 fully saturated rings. The second-order valence-electron chi connectivity index (χ2n) is 6.12. The van der Waals surface area contributed by atoms with Gasteiger partial charge in [0.05, 0.1) is 7.11 Å². The first-order chi connectivity index (χ1) is 9.47. The fraction of sp³-hybridized carbons (Fsp3) is 0.588. The topological polar surface area (TPSA) is 29.5 Å². The molecule has 1 amide bonds. The minimum absolute atomic E-state index is 0.121. The van der Waals surface area contributed by atoms with Crippen molar-refractivity contribution in [2.45, 2.75) is 52.1 Å². The van der Waals surface area contributed by atoms with Gasteiger partial charge in [-0.15, -0.1) is 0 Å². The Balaban J connectivity index is 2.13. The van der Waals surface area contributed by atoms with Crippen LogP contribution in [0.4, 0.5) is 0 Å². The highest BCUT2D eigenvalue weighted by Gasteiger charge is 2.47. The lowest BCUT2D eigenvalue weighted by molar-refractivity contribution is -0.136. The van der Waals surface area contributed by atoms with Gasteiger partial charge in [0.1, 0.15) is 5.75 Å². The lowest BCUT2D eigenvalue weighted by atomic mass is 10.1. The Morgan fingerprint density at radius 1 is 1.20 bits per heavy atom. The van der Waals surface area contributed by atoms with Crippen LogP contribution >= 0.6 is 0 Å². The Bertz CT molecular complexity index is 474. The molecule has 1 aromatic carbocycles. The summed E-state index contributed by atoms with van der Waals surface area (Å²) >= 11 is 0. The van der Waals surface area contributed by atoms with E-state index >= 15 is 0 Å². The van der Waals surface area contributed by atoms with Crippen molar-refractivity contribution in [2.75, 3.05) is 7.11 Å². The maximum atomic E-state index is 12.7. The average Bonchev–Trinajstić information content (AvgIpc) is 3.17. The van der Waals surface area contributed by atoms with Crippen LogP contribution in [0.2, 0.25) is 0 Å². The second-order valence-corrected chi connectivity index (χ2v) is 6.12. The highest BCUT2D eigenvalue weighted by Crippen LogP contribution is 2.51. The van der Waals surface area contributed by atoms with Gasteiger partial charge >= 0.3 is 0 Å². The van der Waals surface area contributed by atoms with Crippen LogP contribution in [0.25, 0.3) is 0 Å². The lowest BCUT2D eigenvalue weighted by Gasteiger charge is -2.31. The Kier molecular flexibility index (Phi) is 4.36. The first-order valence-corrected chi connectivity index (χ1v) is 7.42. The zero-order valence-electron chi connectivity index (χ0n) is 13.1. The minimum atomic E-state index is 0.121. The maximum absolute atomic E-state index is 12.7. The monoisotopic (exact) mass is 275 g/mol. The van der Waals surface area contributed by atoms with Gasteiger partial charge in [-0.1, -0.05) is 18.2 Å². The molecule has 1 aliphatic rings. The predicted octanol–water partition coefficient (Wildman–Crippen LogP) is 3.44. The van der Waals surface area contributed by atoms with Crippen molar-refractivity contribution >= 4 is 5.91 Å². The Labute approximate surface area is 121 Å². The van der Waals surface area contributed by atoms with Crippen molar-refractivity contribution in [2.24, 2.45) is 5.92 Å². The molecule has 110 valence electrons. The van der Waals surface area contributed by atoms with Crippen LogP contribution in [-0.2, 0) is 4.79 Å². The number of carbonyl (C=O) groups is 1. The predicted molar refractivity (Wildman–Crippen MR) is 81.0 cm³/mol. The third kappa shape index (κ3) is 2.82. The summed E-state index contributed by atoms with van der Waals surface area (Å²) in [6, 6.07) is 8.53. The van der Waals surface area contributed by atoms with E-state index in [0.29, 0.717) is 5.92 Å². The number of amides is 1. The zero-order chi connectivity index (χ0) is 14.9. The SMILES string of the molecule is COc1ccccc1C1CC1C(=O)N(C(C)C)C(C)C. The van der Waals surface area contributed by atoms with Crippen LogP contribution in [0, 0.1) is 5.92 Å². The molecule has 1 aromatic rings. The molecule has 2 rings (SSSR count). The van der Waals surface area contributed by atoms with Crippen molar-refractivity contribution in [3.63, 3.8) is 0 Å². The molecule has 1 aliphatic carbocycles. The van der Waals surface area contributed by atoms with E-state index in [1.54, 1.807) is 7.11 Å². The van der Waals surface area contributed by atoms with Crippen molar-refractivity contribution in [1.29, 1.82) is 0 Å². The molecule has 0 N–H and O–H groups in total. The first kappa shape index (κ1) is 14.9. The summed E-state index contributed by atoms with van der Waals surface area (Å²) in [6.07, 6.45) is 0.940. The van der Waals surface area contributed by atoms with Crippen molar-refractivity contribution in [3.05, 3.63) is 29.8 Å². The van der Waals surface area contributed by atoms with Crippen molar-refractivity contribution in [3.8, 4) is 5.75 Å². The smallest absolute Gasteiger partial charge is 0.226 e. The van der Waals surface area contributed by atoms with E-state index in [1.807, 2.05) is 23.1 Å². The lowest BCUT2D eigenvalue weighted by Crippen LogP contribution is -2.43. The summed E-state index contributed by atoms with van der Waals surface area (Å²) < 4.78 is 5.41. The molecule has 3 nitrogen and oxygen atoms in total. The summed E-state index contributed by atoms with van der Waals surface area (Å²) in [5.41, 5.74) is 1.17. The third-order valence-electron chi connectivity index (χ3n) is 4.01. The van der Waals surface area contributed by atoms with E-state index in [-0.39, 0.29) is 23.9 Å². The molecule has 0 radical (unpaired) electrons. The molecule has 1 saturated carbocycles. The van der Waals surface area contributed by atoms with Crippen LogP contribution in [0.1, 0.15) is 45.6 Å². The number of hydrogen-bond acceptors (Lipinski definition) is 2. The van der Waals surface area contributed by atoms with E-state index in [4.69, 9.17) is 4.74 Å². The van der Waals surface area contributed by atoms with E-state index in [2.05, 4.69) is 33.8 Å². The van der Waals surface area contributed by atoms with Gasteiger partial charge in [-0.3, -0.25) is 4.79 Å². The van der Waals surface area contributed by atoms with Crippen molar-refractivity contribution < 1.29 is 9.53 Å². The summed E-state index contributed by atoms with van der Waals surface area (Å²) in [7, 11) is 1.69. The van der Waals surface area contributed by atoms with Gasteiger partial charge in [0.15, 0.2) is 0 Å². The fourth-order valence-corrected chi connectivity index (χ4v) is 3.08. The molecule has 0 bridgehead atoms. The van der Waals surface area contributed by atoms with E-state index < -0.39 is 0 Å². The summed E-state index contributed by atoms with van der Waals surface area (Å²) in [6.45, 7) is 8.33. The number of methoxy groups -OCH3 is 1. The molecule has 2 atom stereocenters. The zero-order valence-corrected chi connectivity index (χ0v) is 13.1.